The van der Waals surface area contributed by atoms with E-state index in [2.05, 4.69) is 5.28 Å². The Bertz CT molecular complexity index is 538. The van der Waals surface area contributed by atoms with Crippen molar-refractivity contribution in [2.24, 2.45) is 5.28 Å². The van der Waals surface area contributed by atoms with Gasteiger partial charge in [-0.3, -0.25) is 0 Å². The molecule has 0 heterocycles. The van der Waals surface area contributed by atoms with E-state index < -0.39 is 0 Å². The largest absolute Gasteiger partial charge is 0.597 e. The molecule has 98 valence electrons. The van der Waals surface area contributed by atoms with Crippen molar-refractivity contribution >= 4 is 0 Å². The van der Waals surface area contributed by atoms with Crippen LogP contribution in [0.25, 0.3) is 0 Å². The fourth-order valence-electron chi connectivity index (χ4n) is 1.62. The molecule has 0 aliphatic heterocycles. The molecule has 0 radical (unpaired) electrons. The summed E-state index contributed by atoms with van der Waals surface area (Å²) < 4.78 is 5.61. The Balaban J connectivity index is 1.92. The van der Waals surface area contributed by atoms with Gasteiger partial charge in [-0.15, -0.1) is 0 Å². The van der Waals surface area contributed by atoms with Crippen LogP contribution in [-0.4, -0.2) is 10.1 Å². The molecule has 0 saturated heterocycles. The Morgan fingerprint density at radius 3 is 2.32 bits per heavy atom. The molecule has 19 heavy (non-hydrogen) atoms. The zero-order chi connectivity index (χ0) is 13.5. The Labute approximate surface area is 110 Å². The van der Waals surface area contributed by atoms with Gasteiger partial charge in [0.15, 0.2) is 5.28 Å². The fourth-order valence-corrected chi connectivity index (χ4v) is 1.62. The zero-order valence-electron chi connectivity index (χ0n) is 10.3. The summed E-state index contributed by atoms with van der Waals surface area (Å²) in [6.45, 7) is 0.509. The summed E-state index contributed by atoms with van der Waals surface area (Å²) in [4.78, 5) is 0.208. The van der Waals surface area contributed by atoms with Gasteiger partial charge in [-0.05, 0) is 29.8 Å². The van der Waals surface area contributed by atoms with Gasteiger partial charge >= 0.3 is 0 Å². The molecule has 0 saturated carbocycles. The average Bonchev–Trinajstić information content (AvgIpc) is 2.47. The van der Waals surface area contributed by atoms with Crippen LogP contribution in [0.2, 0.25) is 0 Å². The van der Waals surface area contributed by atoms with Crippen molar-refractivity contribution in [3.05, 3.63) is 70.9 Å². The maximum absolute atomic E-state index is 10.8. The molecule has 0 spiro atoms. The number of rotatable bonds is 5. The standard InChI is InChI=1S/C14H14N2O3/c17-15-16(18)10-12-6-8-14(9-7-12)19-11-13-4-2-1-3-5-13/h1-9,17H,10-11H2. The first-order valence-electron chi connectivity index (χ1n) is 5.83. The van der Waals surface area contributed by atoms with Crippen LogP contribution in [0.1, 0.15) is 11.1 Å². The molecule has 0 fully saturated rings. The van der Waals surface area contributed by atoms with Crippen molar-refractivity contribution in [2.75, 3.05) is 0 Å². The molecule has 5 nitrogen and oxygen atoms in total. The van der Waals surface area contributed by atoms with Crippen LogP contribution in [0.3, 0.4) is 0 Å². The third kappa shape index (κ3) is 3.99. The van der Waals surface area contributed by atoms with Gasteiger partial charge in [0.1, 0.15) is 12.4 Å². The predicted molar refractivity (Wildman–Crippen MR) is 68.8 cm³/mol. The van der Waals surface area contributed by atoms with Gasteiger partial charge in [0, 0.05) is 5.56 Å². The second-order valence-corrected chi connectivity index (χ2v) is 4.02. The molecule has 0 atom stereocenters. The third-order valence-electron chi connectivity index (χ3n) is 2.59. The Morgan fingerprint density at radius 1 is 1.00 bits per heavy atom. The van der Waals surface area contributed by atoms with Crippen molar-refractivity contribution < 1.29 is 14.8 Å². The quantitative estimate of drug-likeness (QED) is 0.509. The Kier molecular flexibility index (Phi) is 4.34. The van der Waals surface area contributed by atoms with Crippen molar-refractivity contribution in [2.45, 2.75) is 13.2 Å². The van der Waals surface area contributed by atoms with Gasteiger partial charge in [-0.25, -0.2) is 0 Å². The summed E-state index contributed by atoms with van der Waals surface area (Å²) >= 11 is 0. The lowest BCUT2D eigenvalue weighted by Gasteiger charge is -2.06. The number of ether oxygens (including phenoxy) is 1. The van der Waals surface area contributed by atoms with Gasteiger partial charge in [0.2, 0.25) is 6.54 Å². The number of benzene rings is 2. The first-order valence-corrected chi connectivity index (χ1v) is 5.83. The van der Waals surface area contributed by atoms with E-state index in [1.54, 1.807) is 24.3 Å². The summed E-state index contributed by atoms with van der Waals surface area (Å²) in [7, 11) is 0. The molecule has 0 unspecified atom stereocenters. The minimum Gasteiger partial charge on any atom is -0.597 e. The number of nitrogens with zero attached hydrogens (tertiary/aromatic N) is 2. The van der Waals surface area contributed by atoms with E-state index in [-0.39, 0.29) is 11.4 Å². The Morgan fingerprint density at radius 2 is 1.68 bits per heavy atom. The van der Waals surface area contributed by atoms with E-state index in [1.807, 2.05) is 30.3 Å². The van der Waals surface area contributed by atoms with E-state index in [4.69, 9.17) is 9.94 Å². The van der Waals surface area contributed by atoms with Crippen molar-refractivity contribution in [1.29, 1.82) is 0 Å². The van der Waals surface area contributed by atoms with E-state index >= 15 is 0 Å². The zero-order valence-corrected chi connectivity index (χ0v) is 10.3. The maximum atomic E-state index is 10.8. The first kappa shape index (κ1) is 12.9. The highest BCUT2D eigenvalue weighted by Gasteiger charge is 2.01. The number of hydrogen-bond donors (Lipinski definition) is 1. The lowest BCUT2D eigenvalue weighted by atomic mass is 10.2. The van der Waals surface area contributed by atoms with Crippen molar-refractivity contribution in [3.63, 3.8) is 0 Å². The highest BCUT2D eigenvalue weighted by atomic mass is 16.6. The van der Waals surface area contributed by atoms with Crippen LogP contribution < -0.4 is 4.74 Å². The molecule has 5 heteroatoms. The van der Waals surface area contributed by atoms with Crippen LogP contribution in [-0.2, 0) is 13.2 Å². The van der Waals surface area contributed by atoms with E-state index in [9.17, 15) is 5.21 Å². The first-order chi connectivity index (χ1) is 9.28. The molecule has 0 aromatic heterocycles. The molecule has 2 aromatic carbocycles. The van der Waals surface area contributed by atoms with Crippen LogP contribution >= 0.6 is 0 Å². The van der Waals surface area contributed by atoms with Crippen LogP contribution in [0.15, 0.2) is 59.9 Å². The smallest absolute Gasteiger partial charge is 0.209 e. The molecule has 0 aliphatic carbocycles. The second-order valence-electron chi connectivity index (χ2n) is 4.02. The van der Waals surface area contributed by atoms with E-state index in [1.165, 1.54) is 0 Å². The fraction of sp³-hybridized carbons (Fsp3) is 0.143. The SMILES string of the molecule is [O-][N+](Cc1ccc(OCc2ccccc2)cc1)=NO. The predicted octanol–water partition coefficient (Wildman–Crippen LogP) is 3.12. The molecular weight excluding hydrogens is 244 g/mol. The molecule has 1 N–H and O–H groups in total. The topological polar surface area (TPSA) is 67.9 Å². The average molecular weight is 258 g/mol. The Hall–Kier alpha value is -2.56. The van der Waals surface area contributed by atoms with Gasteiger partial charge < -0.3 is 15.2 Å². The summed E-state index contributed by atoms with van der Waals surface area (Å²) in [5.41, 5.74) is 1.84. The highest BCUT2D eigenvalue weighted by Crippen LogP contribution is 2.14. The monoisotopic (exact) mass is 258 g/mol. The van der Waals surface area contributed by atoms with Gasteiger partial charge in [-0.2, -0.15) is 0 Å². The van der Waals surface area contributed by atoms with Gasteiger partial charge in [0.25, 0.3) is 0 Å². The lowest BCUT2D eigenvalue weighted by Crippen LogP contribution is -2.00. The number of hydrogen-bond acceptors (Lipinski definition) is 3. The second kappa shape index (κ2) is 6.39. The molecule has 2 rings (SSSR count). The van der Waals surface area contributed by atoms with E-state index in [0.717, 1.165) is 16.9 Å². The minimum absolute atomic E-state index is 0.00939. The molecule has 0 amide bonds. The molecular formula is C14H14N2O3. The van der Waals surface area contributed by atoms with Crippen molar-refractivity contribution in [1.82, 2.24) is 0 Å². The molecule has 0 aliphatic rings. The van der Waals surface area contributed by atoms with Gasteiger partial charge in [-0.1, -0.05) is 35.2 Å². The normalized spacial score (nSPS) is 11.3. The minimum atomic E-state index is 0.00939. The van der Waals surface area contributed by atoms with Crippen molar-refractivity contribution in [3.8, 4) is 5.75 Å². The summed E-state index contributed by atoms with van der Waals surface area (Å²) in [5, 5.41) is 21.6. The molecule has 0 bridgehead atoms. The third-order valence-corrected chi connectivity index (χ3v) is 2.59. The van der Waals surface area contributed by atoms with Crippen LogP contribution in [0.4, 0.5) is 0 Å². The lowest BCUT2D eigenvalue weighted by molar-refractivity contribution is -0.570. The highest BCUT2D eigenvalue weighted by molar-refractivity contribution is 5.27. The van der Waals surface area contributed by atoms with Crippen LogP contribution in [0.5, 0.6) is 5.75 Å². The van der Waals surface area contributed by atoms with Gasteiger partial charge in [0.05, 0.1) is 0 Å². The summed E-state index contributed by atoms with van der Waals surface area (Å²) in [5.74, 6) is 0.728. The summed E-state index contributed by atoms with van der Waals surface area (Å²) in [6, 6.07) is 16.9. The molecule has 2 aromatic rings. The summed E-state index contributed by atoms with van der Waals surface area (Å²) in [6.07, 6.45) is 0. The van der Waals surface area contributed by atoms with E-state index in [0.29, 0.717) is 6.61 Å². The maximum Gasteiger partial charge on any atom is 0.209 e. The van der Waals surface area contributed by atoms with Crippen LogP contribution in [0, 0.1) is 5.21 Å². The number of hydroxylamine groups is 1.